The van der Waals surface area contributed by atoms with Gasteiger partial charge in [0.25, 0.3) is 0 Å². The first-order valence-corrected chi connectivity index (χ1v) is 12.0. The Balaban J connectivity index is 1.81. The molecule has 2 atom stereocenters. The van der Waals surface area contributed by atoms with Gasteiger partial charge in [-0.1, -0.05) is 48.5 Å². The first-order chi connectivity index (χ1) is 16.5. The van der Waals surface area contributed by atoms with Crippen LogP contribution >= 0.6 is 0 Å². The molecule has 0 fully saturated rings. The minimum Gasteiger partial charge on any atom is -0.466 e. The van der Waals surface area contributed by atoms with E-state index < -0.39 is 17.9 Å². The van der Waals surface area contributed by atoms with Crippen LogP contribution in [-0.4, -0.2) is 55.2 Å². The number of fused-ring (bicyclic) bond motifs is 1. The molecule has 0 aromatic heterocycles. The number of aryl methyl sites for hydroxylation is 1. The number of rotatable bonds is 10. The molecule has 34 heavy (non-hydrogen) atoms. The van der Waals surface area contributed by atoms with Crippen LogP contribution in [0.5, 0.6) is 0 Å². The van der Waals surface area contributed by atoms with Crippen LogP contribution in [0.25, 0.3) is 0 Å². The van der Waals surface area contributed by atoms with Gasteiger partial charge in [0.05, 0.1) is 19.1 Å². The quantitative estimate of drug-likeness (QED) is 0.490. The normalized spacial score (nSPS) is 15.4. The fourth-order valence-electron chi connectivity index (χ4n) is 4.34. The van der Waals surface area contributed by atoms with Gasteiger partial charge in [0.2, 0.25) is 0 Å². The van der Waals surface area contributed by atoms with E-state index in [-0.39, 0.29) is 31.8 Å². The van der Waals surface area contributed by atoms with Crippen LogP contribution in [0.3, 0.4) is 0 Å². The molecule has 2 aromatic rings. The van der Waals surface area contributed by atoms with Gasteiger partial charge in [0, 0.05) is 25.2 Å². The third-order valence-corrected chi connectivity index (χ3v) is 6.08. The Hall–Kier alpha value is -3.35. The maximum atomic E-state index is 13.7. The summed E-state index contributed by atoms with van der Waals surface area (Å²) in [5.74, 6) is -1.20. The molecule has 0 radical (unpaired) electrons. The van der Waals surface area contributed by atoms with E-state index >= 15 is 0 Å². The number of benzene rings is 2. The van der Waals surface area contributed by atoms with E-state index in [4.69, 9.17) is 9.47 Å². The molecule has 0 spiro atoms. The van der Waals surface area contributed by atoms with E-state index in [0.29, 0.717) is 31.5 Å². The van der Waals surface area contributed by atoms with Crippen LogP contribution in [0, 0.1) is 5.92 Å². The summed E-state index contributed by atoms with van der Waals surface area (Å²) in [5, 5.41) is 0. The molecule has 0 saturated heterocycles. The number of amides is 2. The second-order valence-electron chi connectivity index (χ2n) is 8.27. The summed E-state index contributed by atoms with van der Waals surface area (Å²) in [6.45, 7) is 6.55. The van der Waals surface area contributed by atoms with E-state index in [9.17, 15) is 14.4 Å². The SMILES string of the molecule is CCOC(=O)C1Cc2ccccc2N1C(=O)N(CC)C[C@@H](CCc1ccccc1)C(=O)OCC. The second-order valence-corrected chi connectivity index (χ2v) is 8.27. The summed E-state index contributed by atoms with van der Waals surface area (Å²) in [6.07, 6.45) is 1.67. The third kappa shape index (κ3) is 5.95. The summed E-state index contributed by atoms with van der Waals surface area (Å²) in [6, 6.07) is 16.4. The fourth-order valence-corrected chi connectivity index (χ4v) is 4.34. The molecule has 1 aliphatic heterocycles. The Morgan fingerprint density at radius 3 is 2.32 bits per heavy atom. The monoisotopic (exact) mass is 466 g/mol. The van der Waals surface area contributed by atoms with Crippen molar-refractivity contribution in [3.8, 4) is 0 Å². The smallest absolute Gasteiger partial charge is 0.329 e. The van der Waals surface area contributed by atoms with Crippen molar-refractivity contribution < 1.29 is 23.9 Å². The summed E-state index contributed by atoms with van der Waals surface area (Å²) >= 11 is 0. The van der Waals surface area contributed by atoms with Crippen molar-refractivity contribution in [2.75, 3.05) is 31.2 Å². The molecule has 1 aliphatic rings. The van der Waals surface area contributed by atoms with Crippen molar-refractivity contribution in [3.05, 3.63) is 65.7 Å². The third-order valence-electron chi connectivity index (χ3n) is 6.08. The lowest BCUT2D eigenvalue weighted by atomic mass is 9.99. The van der Waals surface area contributed by atoms with E-state index in [0.717, 1.165) is 11.1 Å². The second kappa shape index (κ2) is 12.2. The number of ether oxygens (including phenoxy) is 2. The summed E-state index contributed by atoms with van der Waals surface area (Å²) < 4.78 is 10.6. The molecule has 0 saturated carbocycles. The minimum absolute atomic E-state index is 0.217. The molecule has 0 N–H and O–H groups in total. The van der Waals surface area contributed by atoms with Gasteiger partial charge in [0.15, 0.2) is 0 Å². The van der Waals surface area contributed by atoms with Crippen molar-refractivity contribution in [1.29, 1.82) is 0 Å². The zero-order chi connectivity index (χ0) is 24.5. The van der Waals surface area contributed by atoms with Crippen LogP contribution in [-0.2, 0) is 31.9 Å². The first-order valence-electron chi connectivity index (χ1n) is 12.0. The van der Waals surface area contributed by atoms with Gasteiger partial charge in [-0.2, -0.15) is 0 Å². The number of nitrogens with zero attached hydrogens (tertiary/aromatic N) is 2. The molecule has 7 heteroatoms. The molecule has 0 bridgehead atoms. The zero-order valence-electron chi connectivity index (χ0n) is 20.2. The number of para-hydroxylation sites is 1. The highest BCUT2D eigenvalue weighted by atomic mass is 16.5. The Morgan fingerprint density at radius 1 is 0.971 bits per heavy atom. The molecule has 1 heterocycles. The molecule has 3 rings (SSSR count). The predicted octanol–water partition coefficient (Wildman–Crippen LogP) is 4.23. The lowest BCUT2D eigenvalue weighted by Crippen LogP contribution is -2.51. The average Bonchev–Trinajstić information content (AvgIpc) is 3.24. The minimum atomic E-state index is -0.718. The number of anilines is 1. The number of carbonyl (C=O) groups is 3. The molecule has 1 unspecified atom stereocenters. The van der Waals surface area contributed by atoms with Crippen LogP contribution < -0.4 is 4.90 Å². The lowest BCUT2D eigenvalue weighted by molar-refractivity contribution is -0.149. The number of carbonyl (C=O) groups excluding carboxylic acids is 3. The summed E-state index contributed by atoms with van der Waals surface area (Å²) in [7, 11) is 0. The van der Waals surface area contributed by atoms with Gasteiger partial charge in [-0.05, 0) is 50.8 Å². The largest absolute Gasteiger partial charge is 0.466 e. The summed E-state index contributed by atoms with van der Waals surface area (Å²) in [4.78, 5) is 42.4. The molecule has 7 nitrogen and oxygen atoms in total. The summed E-state index contributed by atoms with van der Waals surface area (Å²) in [5.41, 5.74) is 2.76. The topological polar surface area (TPSA) is 76.2 Å². The van der Waals surface area contributed by atoms with Gasteiger partial charge in [0.1, 0.15) is 6.04 Å². The predicted molar refractivity (Wildman–Crippen MR) is 131 cm³/mol. The zero-order valence-corrected chi connectivity index (χ0v) is 20.2. The number of hydrogen-bond donors (Lipinski definition) is 0. The highest BCUT2D eigenvalue weighted by Crippen LogP contribution is 2.34. The Morgan fingerprint density at radius 2 is 1.65 bits per heavy atom. The average molecular weight is 467 g/mol. The van der Waals surface area contributed by atoms with E-state index in [1.165, 1.54) is 4.90 Å². The van der Waals surface area contributed by atoms with Crippen molar-refractivity contribution in [3.63, 3.8) is 0 Å². The van der Waals surface area contributed by atoms with Crippen LogP contribution in [0.15, 0.2) is 54.6 Å². The van der Waals surface area contributed by atoms with Crippen molar-refractivity contribution in [1.82, 2.24) is 4.90 Å². The van der Waals surface area contributed by atoms with Gasteiger partial charge >= 0.3 is 18.0 Å². The Bertz CT molecular complexity index is 978. The molecule has 182 valence electrons. The highest BCUT2D eigenvalue weighted by molar-refractivity contribution is 6.01. The number of hydrogen-bond acceptors (Lipinski definition) is 5. The van der Waals surface area contributed by atoms with Gasteiger partial charge in [-0.15, -0.1) is 0 Å². The molecule has 2 aromatic carbocycles. The Labute approximate surface area is 201 Å². The van der Waals surface area contributed by atoms with Gasteiger partial charge in [-0.25, -0.2) is 9.59 Å². The van der Waals surface area contributed by atoms with Crippen molar-refractivity contribution in [2.24, 2.45) is 5.92 Å². The maximum absolute atomic E-state index is 13.7. The fraction of sp³-hybridized carbons (Fsp3) is 0.444. The maximum Gasteiger partial charge on any atom is 0.329 e. The first kappa shape index (κ1) is 25.3. The van der Waals surface area contributed by atoms with Crippen molar-refractivity contribution >= 4 is 23.7 Å². The van der Waals surface area contributed by atoms with Crippen LogP contribution in [0.4, 0.5) is 10.5 Å². The lowest BCUT2D eigenvalue weighted by Gasteiger charge is -2.32. The number of urea groups is 1. The van der Waals surface area contributed by atoms with Crippen LogP contribution in [0.2, 0.25) is 0 Å². The van der Waals surface area contributed by atoms with Crippen LogP contribution in [0.1, 0.15) is 38.3 Å². The highest BCUT2D eigenvalue weighted by Gasteiger charge is 2.41. The van der Waals surface area contributed by atoms with E-state index in [2.05, 4.69) is 0 Å². The Kier molecular flexibility index (Phi) is 9.08. The molecular formula is C27H34N2O5. The number of esters is 2. The standard InChI is InChI=1S/C27H34N2O5/c1-4-28(19-22(25(30)33-5-2)17-16-20-12-8-7-9-13-20)27(32)29-23-15-11-10-14-21(23)18-24(29)26(31)34-6-3/h7-15,22,24H,4-6,16-19H2,1-3H3/t22-,24?/m1/s1. The van der Waals surface area contributed by atoms with Gasteiger partial charge < -0.3 is 14.4 Å². The molecule has 2 amide bonds. The van der Waals surface area contributed by atoms with E-state index in [1.54, 1.807) is 18.7 Å². The van der Waals surface area contributed by atoms with Gasteiger partial charge in [-0.3, -0.25) is 9.69 Å². The van der Waals surface area contributed by atoms with Crippen molar-refractivity contribution in [2.45, 2.75) is 46.1 Å². The molecular weight excluding hydrogens is 432 g/mol. The van der Waals surface area contributed by atoms with E-state index in [1.807, 2.05) is 61.5 Å². The molecule has 0 aliphatic carbocycles.